The Morgan fingerprint density at radius 2 is 2.08 bits per heavy atom. The molecule has 0 fully saturated rings. The lowest BCUT2D eigenvalue weighted by Crippen LogP contribution is -2.23. The van der Waals surface area contributed by atoms with Gasteiger partial charge in [-0.05, 0) is 26.2 Å². The van der Waals surface area contributed by atoms with Gasteiger partial charge in [0.05, 0.1) is 5.69 Å². The van der Waals surface area contributed by atoms with Crippen LogP contribution in [0.25, 0.3) is 5.95 Å². The number of carbonyl (C=O) groups is 2. The molecule has 24 heavy (non-hydrogen) atoms. The van der Waals surface area contributed by atoms with Crippen LogP contribution in [0.3, 0.4) is 0 Å². The first-order valence-corrected chi connectivity index (χ1v) is 7.56. The van der Waals surface area contributed by atoms with E-state index in [0.717, 1.165) is 0 Å². The van der Waals surface area contributed by atoms with Gasteiger partial charge in [-0.1, -0.05) is 6.92 Å². The number of carboxylic acid groups (broad SMARTS) is 1. The lowest BCUT2D eigenvalue weighted by Gasteiger charge is -2.09. The van der Waals surface area contributed by atoms with E-state index in [1.54, 1.807) is 13.0 Å². The predicted octanol–water partition coefficient (Wildman–Crippen LogP) is -0.315. The van der Waals surface area contributed by atoms with Gasteiger partial charge in [-0.2, -0.15) is 9.78 Å². The fourth-order valence-electron chi connectivity index (χ4n) is 2.12. The normalized spacial score (nSPS) is 10.6. The Morgan fingerprint density at radius 3 is 2.75 bits per heavy atom. The summed E-state index contributed by atoms with van der Waals surface area (Å²) in [5.74, 6) is -0.993. The Balaban J connectivity index is 2.21. The van der Waals surface area contributed by atoms with Gasteiger partial charge in [-0.25, -0.2) is 4.98 Å². The third kappa shape index (κ3) is 4.51. The zero-order valence-electron chi connectivity index (χ0n) is 13.5. The molecule has 2 N–H and O–H groups in total. The van der Waals surface area contributed by atoms with Crippen LogP contribution in [-0.4, -0.2) is 31.6 Å². The highest BCUT2D eigenvalue weighted by molar-refractivity contribution is 5.90. The predicted molar refractivity (Wildman–Crippen MR) is 83.6 cm³/mol. The number of aromatic amines is 1. The summed E-state index contributed by atoms with van der Waals surface area (Å²) in [7, 11) is 0. The molecule has 2 aromatic rings. The Hall–Kier alpha value is -2.97. The number of hydrogen-bond donors (Lipinski definition) is 2. The second-order valence-electron chi connectivity index (χ2n) is 5.27. The van der Waals surface area contributed by atoms with Crippen molar-refractivity contribution in [3.63, 3.8) is 0 Å². The molecule has 0 saturated carbocycles. The minimum absolute atomic E-state index is 0.0388. The largest absolute Gasteiger partial charge is 0.550 e. The van der Waals surface area contributed by atoms with E-state index < -0.39 is 5.97 Å². The summed E-state index contributed by atoms with van der Waals surface area (Å²) in [6.45, 7) is 3.61. The van der Waals surface area contributed by atoms with Crippen LogP contribution >= 0.6 is 0 Å². The van der Waals surface area contributed by atoms with Gasteiger partial charge in [0.2, 0.25) is 11.9 Å². The molecule has 1 amide bonds. The standard InChI is InChI=1S/C15H19N5O4/c1-3-10-8-13(22)18-15(16-10)20-11(7-9(2)19-20)17-12(21)5-4-6-14(23)24/h7-8H,3-6H2,1-2H3,(H,17,21)(H,23,24)(H,16,18,22)/p-1. The number of hydrogen-bond acceptors (Lipinski definition) is 6. The average Bonchev–Trinajstić information content (AvgIpc) is 2.86. The van der Waals surface area contributed by atoms with Gasteiger partial charge in [0, 0.05) is 30.2 Å². The van der Waals surface area contributed by atoms with Crippen LogP contribution in [0.2, 0.25) is 0 Å². The minimum Gasteiger partial charge on any atom is -0.550 e. The van der Waals surface area contributed by atoms with Crippen molar-refractivity contribution in [3.8, 4) is 5.95 Å². The molecule has 0 aliphatic rings. The number of carbonyl (C=O) groups excluding carboxylic acids is 2. The number of nitrogens with zero attached hydrogens (tertiary/aromatic N) is 3. The maximum Gasteiger partial charge on any atom is 0.252 e. The lowest BCUT2D eigenvalue weighted by atomic mass is 10.2. The van der Waals surface area contributed by atoms with E-state index in [0.29, 0.717) is 23.6 Å². The second kappa shape index (κ2) is 7.53. The SMILES string of the molecule is CCc1cc(=O)[nH]c(-n2nc(C)cc2NC(=O)CCCC(=O)[O-])n1. The van der Waals surface area contributed by atoms with Gasteiger partial charge in [0.15, 0.2) is 0 Å². The van der Waals surface area contributed by atoms with Gasteiger partial charge in [0.1, 0.15) is 5.82 Å². The van der Waals surface area contributed by atoms with Crippen LogP contribution in [-0.2, 0) is 16.0 Å². The first kappa shape index (κ1) is 17.4. The van der Waals surface area contributed by atoms with E-state index in [-0.39, 0.29) is 36.7 Å². The van der Waals surface area contributed by atoms with Crippen LogP contribution in [0.15, 0.2) is 16.9 Å². The van der Waals surface area contributed by atoms with Gasteiger partial charge in [0.25, 0.3) is 5.56 Å². The molecule has 0 spiro atoms. The van der Waals surface area contributed by atoms with Crippen molar-refractivity contribution in [3.05, 3.63) is 33.9 Å². The molecule has 0 bridgehead atoms. The first-order chi connectivity index (χ1) is 11.4. The van der Waals surface area contributed by atoms with Crippen LogP contribution in [0.5, 0.6) is 0 Å². The van der Waals surface area contributed by atoms with Gasteiger partial charge < -0.3 is 15.2 Å². The summed E-state index contributed by atoms with van der Waals surface area (Å²) in [6.07, 6.45) is 0.625. The Morgan fingerprint density at radius 1 is 1.33 bits per heavy atom. The maximum absolute atomic E-state index is 11.9. The van der Waals surface area contributed by atoms with Crippen molar-refractivity contribution >= 4 is 17.7 Å². The maximum atomic E-state index is 11.9. The molecule has 0 saturated heterocycles. The number of carboxylic acids is 1. The van der Waals surface area contributed by atoms with Crippen molar-refractivity contribution in [1.29, 1.82) is 0 Å². The number of amides is 1. The fraction of sp³-hybridized carbons (Fsp3) is 0.400. The number of aromatic nitrogens is 4. The number of aryl methyl sites for hydroxylation is 2. The molecular formula is C15H18N5O4-. The number of anilines is 1. The monoisotopic (exact) mass is 332 g/mol. The number of nitrogens with one attached hydrogen (secondary N) is 2. The van der Waals surface area contributed by atoms with Gasteiger partial charge >= 0.3 is 0 Å². The molecule has 0 aliphatic carbocycles. The van der Waals surface area contributed by atoms with E-state index >= 15 is 0 Å². The molecule has 0 unspecified atom stereocenters. The Kier molecular flexibility index (Phi) is 5.46. The molecule has 0 atom stereocenters. The van der Waals surface area contributed by atoms with Gasteiger partial charge in [-0.15, -0.1) is 0 Å². The summed E-state index contributed by atoms with van der Waals surface area (Å²) in [4.78, 5) is 40.9. The second-order valence-corrected chi connectivity index (χ2v) is 5.27. The van der Waals surface area contributed by atoms with E-state index in [1.807, 2.05) is 6.92 Å². The quantitative estimate of drug-likeness (QED) is 0.714. The van der Waals surface area contributed by atoms with Gasteiger partial charge in [-0.3, -0.25) is 14.6 Å². The summed E-state index contributed by atoms with van der Waals surface area (Å²) in [5.41, 5.74) is 0.925. The summed E-state index contributed by atoms with van der Waals surface area (Å²) in [5, 5.41) is 17.2. The zero-order chi connectivity index (χ0) is 17.7. The van der Waals surface area contributed by atoms with Crippen molar-refractivity contribution in [2.75, 3.05) is 5.32 Å². The van der Waals surface area contributed by atoms with Crippen LogP contribution in [0.1, 0.15) is 37.6 Å². The molecule has 9 heteroatoms. The topological polar surface area (TPSA) is 133 Å². The molecule has 0 radical (unpaired) electrons. The molecule has 9 nitrogen and oxygen atoms in total. The molecule has 2 aromatic heterocycles. The van der Waals surface area contributed by atoms with E-state index in [4.69, 9.17) is 0 Å². The molecular weight excluding hydrogens is 314 g/mol. The van der Waals surface area contributed by atoms with Crippen LogP contribution in [0.4, 0.5) is 5.82 Å². The smallest absolute Gasteiger partial charge is 0.252 e. The van der Waals surface area contributed by atoms with E-state index in [2.05, 4.69) is 20.4 Å². The van der Waals surface area contributed by atoms with Crippen molar-refractivity contribution in [1.82, 2.24) is 19.7 Å². The summed E-state index contributed by atoms with van der Waals surface area (Å²) >= 11 is 0. The fourth-order valence-corrected chi connectivity index (χ4v) is 2.12. The number of rotatable bonds is 7. The molecule has 128 valence electrons. The number of aliphatic carboxylic acids is 1. The highest BCUT2D eigenvalue weighted by Crippen LogP contribution is 2.14. The van der Waals surface area contributed by atoms with E-state index in [1.165, 1.54) is 10.7 Å². The van der Waals surface area contributed by atoms with Crippen molar-refractivity contribution in [2.24, 2.45) is 0 Å². The zero-order valence-corrected chi connectivity index (χ0v) is 13.5. The van der Waals surface area contributed by atoms with Crippen molar-refractivity contribution in [2.45, 2.75) is 39.5 Å². The third-order valence-electron chi connectivity index (χ3n) is 3.23. The van der Waals surface area contributed by atoms with E-state index in [9.17, 15) is 19.5 Å². The average molecular weight is 332 g/mol. The highest BCUT2D eigenvalue weighted by Gasteiger charge is 2.13. The van der Waals surface area contributed by atoms with Crippen LogP contribution < -0.4 is 16.0 Å². The minimum atomic E-state index is -1.19. The Bertz CT molecular complexity index is 808. The summed E-state index contributed by atoms with van der Waals surface area (Å²) < 4.78 is 1.34. The molecule has 0 aromatic carbocycles. The number of H-pyrrole nitrogens is 1. The highest BCUT2D eigenvalue weighted by atomic mass is 16.4. The molecule has 2 heterocycles. The molecule has 0 aliphatic heterocycles. The Labute approximate surface area is 137 Å². The summed E-state index contributed by atoms with van der Waals surface area (Å²) in [6, 6.07) is 3.04. The molecule has 2 rings (SSSR count). The third-order valence-corrected chi connectivity index (χ3v) is 3.23. The first-order valence-electron chi connectivity index (χ1n) is 7.56. The van der Waals surface area contributed by atoms with Crippen LogP contribution in [0, 0.1) is 6.92 Å². The van der Waals surface area contributed by atoms with Crippen molar-refractivity contribution < 1.29 is 14.7 Å². The lowest BCUT2D eigenvalue weighted by molar-refractivity contribution is -0.305.